The number of nitrogen functional groups attached to an aromatic ring is 1. The van der Waals surface area contributed by atoms with Crippen LogP contribution in [0.1, 0.15) is 20.8 Å². The van der Waals surface area contributed by atoms with Crippen LogP contribution in [0.25, 0.3) is 11.2 Å². The summed E-state index contributed by atoms with van der Waals surface area (Å²) in [6.07, 6.45) is 1.77. The third-order valence-corrected chi connectivity index (χ3v) is 6.75. The molecule has 3 atom stereocenters. The van der Waals surface area contributed by atoms with E-state index in [4.69, 9.17) is 36.1 Å². The van der Waals surface area contributed by atoms with Crippen LogP contribution in [0.4, 0.5) is 5.82 Å². The Morgan fingerprint density at radius 1 is 1.19 bits per heavy atom. The zero-order chi connectivity index (χ0) is 26.3. The van der Waals surface area contributed by atoms with Crippen molar-refractivity contribution in [3.63, 3.8) is 0 Å². The number of nitrogens with zero attached hydrogens (tertiary/aromatic N) is 4. The number of halogens is 1. The summed E-state index contributed by atoms with van der Waals surface area (Å²) in [6, 6.07) is 5.29. The summed E-state index contributed by atoms with van der Waals surface area (Å²) in [4.78, 5) is 25.0. The van der Waals surface area contributed by atoms with E-state index < -0.39 is 25.6 Å². The molecule has 14 heteroatoms. The van der Waals surface area contributed by atoms with Gasteiger partial charge in [0, 0.05) is 12.1 Å². The van der Waals surface area contributed by atoms with E-state index in [0.29, 0.717) is 22.7 Å². The topological polar surface area (TPSA) is 153 Å². The van der Waals surface area contributed by atoms with E-state index in [1.807, 2.05) is 0 Å². The fourth-order valence-electron chi connectivity index (χ4n) is 3.22. The summed E-state index contributed by atoms with van der Waals surface area (Å²) in [5.41, 5.74) is 6.88. The minimum absolute atomic E-state index is 0.0861. The van der Waals surface area contributed by atoms with Crippen molar-refractivity contribution < 1.29 is 28.1 Å². The molecule has 0 aliphatic carbocycles. The molecule has 0 saturated heterocycles. The molecule has 0 spiro atoms. The molecule has 3 N–H and O–H groups in total. The lowest BCUT2D eigenvalue weighted by Crippen LogP contribution is -2.42. The number of rotatable bonds is 13. The molecule has 0 amide bonds. The summed E-state index contributed by atoms with van der Waals surface area (Å²) in [5, 5.41) is 3.26. The number of imidazole rings is 1. The normalized spacial score (nSPS) is 14.9. The van der Waals surface area contributed by atoms with Crippen LogP contribution >= 0.6 is 19.1 Å². The molecular weight excluding hydrogens is 511 g/mol. The maximum Gasteiger partial charge on any atom is 0.342 e. The lowest BCUT2D eigenvalue weighted by molar-refractivity contribution is -0.150. The SMILES string of the molecule is COCC(NP(=O)(CO[C@H](C)Cn1cnc2c(N)ncnc21)Oc1ccc(Cl)cc1)C(=O)OC(C)C. The minimum Gasteiger partial charge on any atom is -0.462 e. The highest BCUT2D eigenvalue weighted by Crippen LogP contribution is 2.44. The molecule has 2 heterocycles. The van der Waals surface area contributed by atoms with Crippen molar-refractivity contribution in [1.82, 2.24) is 24.6 Å². The summed E-state index contributed by atoms with van der Waals surface area (Å²) in [5.74, 6) is -0.0653. The minimum atomic E-state index is -3.81. The smallest absolute Gasteiger partial charge is 0.342 e. The Bertz CT molecular complexity index is 1210. The van der Waals surface area contributed by atoms with Crippen LogP contribution in [0, 0.1) is 0 Å². The predicted molar refractivity (Wildman–Crippen MR) is 135 cm³/mol. The average molecular weight is 541 g/mol. The molecule has 0 radical (unpaired) electrons. The van der Waals surface area contributed by atoms with Crippen LogP contribution in [0.15, 0.2) is 36.9 Å². The second-order valence-electron chi connectivity index (χ2n) is 8.28. The zero-order valence-corrected chi connectivity index (χ0v) is 22.1. The van der Waals surface area contributed by atoms with Gasteiger partial charge in [-0.2, -0.15) is 0 Å². The van der Waals surface area contributed by atoms with Gasteiger partial charge in [-0.25, -0.2) is 20.0 Å². The van der Waals surface area contributed by atoms with Gasteiger partial charge in [0.1, 0.15) is 30.0 Å². The molecule has 0 fully saturated rings. The number of hydrogen-bond donors (Lipinski definition) is 2. The molecule has 0 bridgehead atoms. The highest BCUT2D eigenvalue weighted by Gasteiger charge is 2.34. The number of fused-ring (bicyclic) bond motifs is 1. The maximum absolute atomic E-state index is 13.9. The van der Waals surface area contributed by atoms with Crippen LogP contribution in [0.2, 0.25) is 5.02 Å². The number of nitrogens with two attached hydrogens (primary N) is 1. The van der Waals surface area contributed by atoms with E-state index in [9.17, 15) is 9.36 Å². The highest BCUT2D eigenvalue weighted by molar-refractivity contribution is 7.57. The van der Waals surface area contributed by atoms with Gasteiger partial charge in [0.15, 0.2) is 11.5 Å². The summed E-state index contributed by atoms with van der Waals surface area (Å²) < 4.78 is 37.8. The number of aromatic nitrogens is 4. The number of esters is 1. The fraction of sp³-hybridized carbons (Fsp3) is 0.455. The van der Waals surface area contributed by atoms with Crippen molar-refractivity contribution in [2.45, 2.75) is 45.6 Å². The average Bonchev–Trinajstić information content (AvgIpc) is 3.23. The molecule has 1 aromatic carbocycles. The van der Waals surface area contributed by atoms with Gasteiger partial charge in [-0.1, -0.05) is 11.6 Å². The number of benzene rings is 1. The second kappa shape index (κ2) is 12.5. The Labute approximate surface area is 214 Å². The molecule has 0 aliphatic heterocycles. The van der Waals surface area contributed by atoms with E-state index >= 15 is 0 Å². The molecule has 0 aliphatic rings. The molecule has 196 valence electrons. The summed E-state index contributed by atoms with van der Waals surface area (Å²) >= 11 is 5.95. The van der Waals surface area contributed by atoms with Gasteiger partial charge in [-0.05, 0) is 45.0 Å². The second-order valence-corrected chi connectivity index (χ2v) is 10.8. The number of anilines is 1. The number of carbonyl (C=O) groups excluding carboxylic acids is 1. The molecule has 2 aromatic heterocycles. The van der Waals surface area contributed by atoms with Crippen LogP contribution in [0.5, 0.6) is 5.75 Å². The van der Waals surface area contributed by atoms with Crippen LogP contribution < -0.4 is 15.3 Å². The molecule has 12 nitrogen and oxygen atoms in total. The van der Waals surface area contributed by atoms with Gasteiger partial charge in [0.05, 0.1) is 31.7 Å². The van der Waals surface area contributed by atoms with Gasteiger partial charge in [-0.15, -0.1) is 0 Å². The first-order valence-corrected chi connectivity index (χ1v) is 13.3. The number of nitrogens with one attached hydrogen (secondary N) is 1. The molecule has 0 saturated carbocycles. The van der Waals surface area contributed by atoms with Gasteiger partial charge in [0.25, 0.3) is 0 Å². The van der Waals surface area contributed by atoms with Crippen LogP contribution in [-0.2, 0) is 30.1 Å². The molecule has 36 heavy (non-hydrogen) atoms. The number of methoxy groups -OCH3 is 1. The van der Waals surface area contributed by atoms with Crippen molar-refractivity contribution in [3.05, 3.63) is 41.9 Å². The number of ether oxygens (including phenoxy) is 3. The summed E-state index contributed by atoms with van der Waals surface area (Å²) in [6.45, 7) is 5.48. The van der Waals surface area contributed by atoms with Crippen molar-refractivity contribution in [3.8, 4) is 5.75 Å². The molecule has 3 aromatic rings. The van der Waals surface area contributed by atoms with Gasteiger partial charge >= 0.3 is 13.5 Å². The molecule has 2 unspecified atom stereocenters. The maximum atomic E-state index is 13.9. The first kappa shape index (κ1) is 27.8. The Morgan fingerprint density at radius 3 is 2.58 bits per heavy atom. The van der Waals surface area contributed by atoms with E-state index in [2.05, 4.69) is 20.0 Å². The molecular formula is C22H30ClN6O6P. The Balaban J connectivity index is 1.76. The van der Waals surface area contributed by atoms with Gasteiger partial charge in [-0.3, -0.25) is 9.36 Å². The van der Waals surface area contributed by atoms with Crippen molar-refractivity contribution in [2.75, 3.05) is 25.8 Å². The quantitative estimate of drug-likeness (QED) is 0.242. The van der Waals surface area contributed by atoms with E-state index in [1.54, 1.807) is 55.9 Å². The Kier molecular flexibility index (Phi) is 9.63. The lowest BCUT2D eigenvalue weighted by Gasteiger charge is -2.26. The van der Waals surface area contributed by atoms with Gasteiger partial charge < -0.3 is 29.0 Å². The standard InChI is InChI=1S/C22H30ClN6O6P/c1-14(2)34-22(30)18(10-32-4)28-36(31,35-17-7-5-16(23)6-8-17)13-33-15(3)9-29-12-27-19-20(24)25-11-26-21(19)29/h5-8,11-12,14-15,18H,9-10,13H2,1-4H3,(H,28,31)(H2,24,25,26)/t15-,18?,36?/m1/s1. The molecule has 3 rings (SSSR count). The van der Waals surface area contributed by atoms with Crippen molar-refractivity contribution in [1.29, 1.82) is 0 Å². The van der Waals surface area contributed by atoms with Crippen LogP contribution in [-0.4, -0.2) is 63.8 Å². The first-order valence-electron chi connectivity index (χ1n) is 11.1. The van der Waals surface area contributed by atoms with Crippen molar-refractivity contribution >= 4 is 42.1 Å². The summed E-state index contributed by atoms with van der Waals surface area (Å²) in [7, 11) is -2.38. The Morgan fingerprint density at radius 2 is 1.92 bits per heavy atom. The van der Waals surface area contributed by atoms with E-state index in [1.165, 1.54) is 13.4 Å². The predicted octanol–water partition coefficient (Wildman–Crippen LogP) is 3.25. The van der Waals surface area contributed by atoms with Crippen LogP contribution in [0.3, 0.4) is 0 Å². The van der Waals surface area contributed by atoms with Gasteiger partial charge in [0.2, 0.25) is 0 Å². The number of carbonyl (C=O) groups is 1. The largest absolute Gasteiger partial charge is 0.462 e. The van der Waals surface area contributed by atoms with E-state index in [0.717, 1.165) is 0 Å². The first-order chi connectivity index (χ1) is 17.1. The number of hydrogen-bond acceptors (Lipinski definition) is 10. The fourth-order valence-corrected chi connectivity index (χ4v) is 5.09. The zero-order valence-electron chi connectivity index (χ0n) is 20.5. The monoisotopic (exact) mass is 540 g/mol. The van der Waals surface area contributed by atoms with E-state index in [-0.39, 0.29) is 30.6 Å². The van der Waals surface area contributed by atoms with Crippen molar-refractivity contribution in [2.24, 2.45) is 0 Å². The third kappa shape index (κ3) is 7.62. The highest BCUT2D eigenvalue weighted by atomic mass is 35.5. The Hall–Kier alpha value is -2.76. The third-order valence-electron chi connectivity index (χ3n) is 4.80. The lowest BCUT2D eigenvalue weighted by atomic mass is 10.3.